The van der Waals surface area contributed by atoms with Crippen LogP contribution in [0.4, 0.5) is 4.39 Å². The number of hydrogen-bond donors (Lipinski definition) is 1. The van der Waals surface area contributed by atoms with Crippen LogP contribution in [-0.2, 0) is 4.79 Å². The van der Waals surface area contributed by atoms with Crippen molar-refractivity contribution in [3.05, 3.63) is 64.7 Å². The van der Waals surface area contributed by atoms with Crippen LogP contribution in [0, 0.1) is 5.82 Å². The molecule has 26 heavy (non-hydrogen) atoms. The van der Waals surface area contributed by atoms with Gasteiger partial charge in [0.25, 0.3) is 0 Å². The van der Waals surface area contributed by atoms with E-state index in [-0.39, 0.29) is 16.5 Å². The van der Waals surface area contributed by atoms with Gasteiger partial charge < -0.3 is 10.2 Å². The molecule has 2 aromatic carbocycles. The molecule has 6 nitrogen and oxygen atoms in total. The molecule has 0 bridgehead atoms. The van der Waals surface area contributed by atoms with E-state index in [1.54, 1.807) is 18.2 Å². The summed E-state index contributed by atoms with van der Waals surface area (Å²) >= 11 is 1.04. The van der Waals surface area contributed by atoms with Gasteiger partial charge in [-0.3, -0.25) is 14.2 Å². The Morgan fingerprint density at radius 1 is 1.19 bits per heavy atom. The third kappa shape index (κ3) is 2.74. The smallest absolute Gasteiger partial charge is 0.302 e. The first kappa shape index (κ1) is 16.3. The molecule has 0 spiro atoms. The van der Waals surface area contributed by atoms with Crippen molar-refractivity contribution in [3.8, 4) is 5.69 Å². The van der Waals surface area contributed by atoms with Gasteiger partial charge in [0.15, 0.2) is 5.16 Å². The molecule has 0 atom stereocenters. The van der Waals surface area contributed by atoms with E-state index in [4.69, 9.17) is 10.2 Å². The highest BCUT2D eigenvalue weighted by Gasteiger charge is 2.19. The van der Waals surface area contributed by atoms with Crippen molar-refractivity contribution in [2.75, 3.05) is 5.75 Å². The second kappa shape index (κ2) is 6.30. The van der Waals surface area contributed by atoms with Crippen molar-refractivity contribution in [1.82, 2.24) is 9.55 Å². The second-order valence-electron chi connectivity index (χ2n) is 5.54. The lowest BCUT2D eigenvalue weighted by atomic mass is 10.2. The third-order valence-corrected chi connectivity index (χ3v) is 4.75. The molecule has 0 saturated carbocycles. The summed E-state index contributed by atoms with van der Waals surface area (Å²) in [4.78, 5) is 28.8. The number of para-hydroxylation sites is 1. The fourth-order valence-electron chi connectivity index (χ4n) is 2.67. The average Bonchev–Trinajstić information content (AvgIpc) is 3.00. The predicted octanol–water partition coefficient (Wildman–Crippen LogP) is 2.85. The molecular weight excluding hydrogens is 357 g/mol. The fourth-order valence-corrected chi connectivity index (χ4v) is 3.42. The first-order valence-corrected chi connectivity index (χ1v) is 8.64. The second-order valence-corrected chi connectivity index (χ2v) is 6.48. The summed E-state index contributed by atoms with van der Waals surface area (Å²) < 4.78 is 20.2. The number of thioether (sulfide) groups is 1. The van der Waals surface area contributed by atoms with Gasteiger partial charge in [-0.05, 0) is 36.4 Å². The van der Waals surface area contributed by atoms with Crippen molar-refractivity contribution in [2.45, 2.75) is 5.16 Å². The first-order valence-electron chi connectivity index (χ1n) is 7.66. The highest BCUT2D eigenvalue weighted by atomic mass is 32.2. The Morgan fingerprint density at radius 3 is 2.65 bits per heavy atom. The molecule has 2 aromatic heterocycles. The molecule has 2 N–H and O–H groups in total. The van der Waals surface area contributed by atoms with Crippen molar-refractivity contribution in [1.29, 1.82) is 0 Å². The Morgan fingerprint density at radius 2 is 1.92 bits per heavy atom. The van der Waals surface area contributed by atoms with Crippen molar-refractivity contribution in [3.63, 3.8) is 0 Å². The Kier molecular flexibility index (Phi) is 3.96. The summed E-state index contributed by atoms with van der Waals surface area (Å²) in [6.07, 6.45) is 0. The van der Waals surface area contributed by atoms with Crippen molar-refractivity contribution < 1.29 is 13.6 Å². The Labute approximate surface area is 150 Å². The van der Waals surface area contributed by atoms with Crippen LogP contribution in [0.1, 0.15) is 0 Å². The van der Waals surface area contributed by atoms with Crippen molar-refractivity contribution >= 4 is 39.7 Å². The zero-order valence-electron chi connectivity index (χ0n) is 13.3. The molecule has 4 rings (SSSR count). The molecule has 1 amide bonds. The molecule has 130 valence electrons. The van der Waals surface area contributed by atoms with Gasteiger partial charge in [0.1, 0.15) is 16.9 Å². The predicted molar refractivity (Wildman–Crippen MR) is 97.0 cm³/mol. The molecule has 4 aromatic rings. The molecule has 0 saturated heterocycles. The lowest BCUT2D eigenvalue weighted by molar-refractivity contribution is -0.115. The standard InChI is InChI=1S/C18H12FN3O3S/c19-10-5-7-11(8-6-10)22-17(24)16-15(21-18(22)26-9-14(20)23)12-3-1-2-4-13(12)25-16/h1-8H,9H2,(H2,20,23). The minimum atomic E-state index is -0.535. The van der Waals surface area contributed by atoms with Gasteiger partial charge in [-0.2, -0.15) is 0 Å². The zero-order valence-corrected chi connectivity index (χ0v) is 14.1. The summed E-state index contributed by atoms with van der Waals surface area (Å²) in [5, 5.41) is 0.978. The molecule has 0 aliphatic rings. The zero-order chi connectivity index (χ0) is 18.3. The largest absolute Gasteiger partial charge is 0.448 e. The number of nitrogens with two attached hydrogens (primary N) is 1. The van der Waals surface area contributed by atoms with Gasteiger partial charge in [0.2, 0.25) is 11.5 Å². The van der Waals surface area contributed by atoms with E-state index in [1.807, 2.05) is 6.07 Å². The summed E-state index contributed by atoms with van der Waals surface area (Å²) in [5.74, 6) is -1.01. The minimum absolute atomic E-state index is 0.0467. The number of halogens is 1. The normalized spacial score (nSPS) is 11.3. The monoisotopic (exact) mass is 369 g/mol. The number of carbonyl (C=O) groups excluding carboxylic acids is 1. The number of furan rings is 1. The van der Waals surface area contributed by atoms with E-state index >= 15 is 0 Å². The Hall–Kier alpha value is -3.13. The van der Waals surface area contributed by atoms with E-state index in [2.05, 4.69) is 4.98 Å². The summed E-state index contributed by atoms with van der Waals surface area (Å²) in [7, 11) is 0. The fraction of sp³-hybridized carbons (Fsp3) is 0.0556. The summed E-state index contributed by atoms with van der Waals surface area (Å²) in [6, 6.07) is 12.6. The number of fused-ring (bicyclic) bond motifs is 3. The molecule has 0 aliphatic heterocycles. The number of hydrogen-bond acceptors (Lipinski definition) is 5. The number of carbonyl (C=O) groups is 1. The SMILES string of the molecule is NC(=O)CSc1nc2c(oc3ccccc32)c(=O)n1-c1ccc(F)cc1. The highest BCUT2D eigenvalue weighted by Crippen LogP contribution is 2.28. The number of primary amides is 1. The Bertz CT molecular complexity index is 1200. The van der Waals surface area contributed by atoms with Crippen LogP contribution >= 0.6 is 11.8 Å². The van der Waals surface area contributed by atoms with Gasteiger partial charge in [-0.25, -0.2) is 9.37 Å². The maximum Gasteiger partial charge on any atom is 0.302 e. The lowest BCUT2D eigenvalue weighted by Gasteiger charge is -2.11. The van der Waals surface area contributed by atoms with Gasteiger partial charge >= 0.3 is 5.56 Å². The molecule has 0 unspecified atom stereocenters. The Balaban J connectivity index is 2.03. The number of rotatable bonds is 4. The summed E-state index contributed by atoms with van der Waals surface area (Å²) in [5.41, 5.74) is 6.25. The van der Waals surface area contributed by atoms with Gasteiger partial charge in [-0.1, -0.05) is 23.9 Å². The molecule has 0 fully saturated rings. The summed E-state index contributed by atoms with van der Waals surface area (Å²) in [6.45, 7) is 0. The van der Waals surface area contributed by atoms with Gasteiger partial charge in [0.05, 0.1) is 11.4 Å². The molecule has 0 aliphatic carbocycles. The van der Waals surface area contributed by atoms with E-state index in [0.717, 1.165) is 11.8 Å². The number of nitrogens with zero attached hydrogens (tertiary/aromatic N) is 2. The van der Waals surface area contributed by atoms with Crippen LogP contribution in [0.5, 0.6) is 0 Å². The van der Waals surface area contributed by atoms with Gasteiger partial charge in [0, 0.05) is 5.39 Å². The quantitative estimate of drug-likeness (QED) is 0.441. The molecular formula is C18H12FN3O3S. The van der Waals surface area contributed by atoms with Crippen LogP contribution < -0.4 is 11.3 Å². The average molecular weight is 369 g/mol. The van der Waals surface area contributed by atoms with E-state index < -0.39 is 17.3 Å². The first-order chi connectivity index (χ1) is 12.5. The number of benzene rings is 2. The van der Waals surface area contributed by atoms with Crippen LogP contribution in [0.2, 0.25) is 0 Å². The van der Waals surface area contributed by atoms with Crippen molar-refractivity contribution in [2.24, 2.45) is 5.73 Å². The van der Waals surface area contributed by atoms with E-state index in [9.17, 15) is 14.0 Å². The number of amides is 1. The maximum atomic E-state index is 13.3. The third-order valence-electron chi connectivity index (χ3n) is 3.79. The molecule has 0 radical (unpaired) electrons. The van der Waals surface area contributed by atoms with E-state index in [0.29, 0.717) is 22.2 Å². The molecule has 8 heteroatoms. The minimum Gasteiger partial charge on any atom is -0.448 e. The lowest BCUT2D eigenvalue weighted by Crippen LogP contribution is -2.22. The van der Waals surface area contributed by atoms with Crippen LogP contribution in [0.3, 0.4) is 0 Å². The van der Waals surface area contributed by atoms with E-state index in [1.165, 1.54) is 28.8 Å². The van der Waals surface area contributed by atoms with Crippen LogP contribution in [0.15, 0.2) is 62.9 Å². The highest BCUT2D eigenvalue weighted by molar-refractivity contribution is 7.99. The molecule has 2 heterocycles. The number of aromatic nitrogens is 2. The topological polar surface area (TPSA) is 91.1 Å². The van der Waals surface area contributed by atoms with Gasteiger partial charge in [-0.15, -0.1) is 0 Å². The van der Waals surface area contributed by atoms with Crippen LogP contribution in [0.25, 0.3) is 27.8 Å². The maximum absolute atomic E-state index is 13.3. The van der Waals surface area contributed by atoms with Crippen LogP contribution in [-0.4, -0.2) is 21.2 Å².